The molecule has 0 amide bonds. The molecule has 56 heavy (non-hydrogen) atoms. The SMILES string of the molecule is CC1(C)c2sc(C=C3C(=O)c4ccccc4C3=C(C#N)C#N)cc2-c2sc3c4c(sc3c21)-c1cc(C=C2C(=O)c3ccccc3C2=C(C#N)C#N)sc1C4(C)C. The molecule has 6 aromatic rings. The summed E-state index contributed by atoms with van der Waals surface area (Å²) in [7, 11) is 0. The lowest BCUT2D eigenvalue weighted by Gasteiger charge is -2.20. The maximum atomic E-state index is 13.7. The van der Waals surface area contributed by atoms with Gasteiger partial charge in [0.2, 0.25) is 0 Å². The number of hydrogen-bond donors (Lipinski definition) is 0. The number of allylic oxidation sites excluding steroid dienone is 6. The van der Waals surface area contributed by atoms with Gasteiger partial charge in [-0.2, -0.15) is 21.0 Å². The van der Waals surface area contributed by atoms with Gasteiger partial charge in [0.1, 0.15) is 35.4 Å². The lowest BCUT2D eigenvalue weighted by Crippen LogP contribution is -2.14. The van der Waals surface area contributed by atoms with Crippen molar-refractivity contribution in [1.82, 2.24) is 0 Å². The largest absolute Gasteiger partial charge is 0.289 e. The van der Waals surface area contributed by atoms with Crippen molar-refractivity contribution in [2.75, 3.05) is 0 Å². The van der Waals surface area contributed by atoms with E-state index >= 15 is 0 Å². The number of hydrogen-bond acceptors (Lipinski definition) is 10. The normalized spacial score (nSPS) is 17.6. The standard InChI is InChI=1S/C46H24N4O2S4/c1-45(2)35-39(31-15-23(53-43(31)45)13-29-33(21(17-47)18-48)25-9-5-7-11-27(25)37(29)51)55-42-36-40(56-41(35)42)32-16-24(54-44(32)46(36,3)4)14-30-34(22(19-49)20-50)26-10-6-8-12-28(26)38(30)52/h5-16H,1-4H3. The van der Waals surface area contributed by atoms with Crippen molar-refractivity contribution in [3.05, 3.63) is 136 Å². The Morgan fingerprint density at radius 3 is 1.25 bits per heavy atom. The van der Waals surface area contributed by atoms with Gasteiger partial charge in [0, 0.05) is 84.6 Å². The molecular formula is C46H24N4O2S4. The maximum absolute atomic E-state index is 13.7. The average molecular weight is 793 g/mol. The smallest absolute Gasteiger partial charge is 0.194 e. The number of nitriles is 4. The molecule has 0 spiro atoms. The number of nitrogens with zero attached hydrogens (tertiary/aromatic N) is 4. The van der Waals surface area contributed by atoms with Crippen LogP contribution in [0.2, 0.25) is 0 Å². The Morgan fingerprint density at radius 2 is 0.893 bits per heavy atom. The molecule has 4 aromatic heterocycles. The molecule has 0 saturated carbocycles. The number of benzene rings is 2. The van der Waals surface area contributed by atoms with Gasteiger partial charge in [-0.1, -0.05) is 76.2 Å². The summed E-state index contributed by atoms with van der Waals surface area (Å²) in [6.07, 6.45) is 3.70. The molecule has 0 N–H and O–H groups in total. The number of Topliss-reactive ketones (excluding diaryl/α,β-unsaturated/α-hetero) is 2. The van der Waals surface area contributed by atoms with Gasteiger partial charge in [-0.05, 0) is 46.5 Å². The molecule has 6 nitrogen and oxygen atoms in total. The maximum Gasteiger partial charge on any atom is 0.194 e. The van der Waals surface area contributed by atoms with Gasteiger partial charge in [-0.15, -0.1) is 45.3 Å². The second kappa shape index (κ2) is 11.6. The molecule has 0 radical (unpaired) electrons. The van der Waals surface area contributed by atoms with E-state index in [1.54, 1.807) is 59.1 Å². The van der Waals surface area contributed by atoms with Gasteiger partial charge in [-0.25, -0.2) is 0 Å². The van der Waals surface area contributed by atoms with E-state index in [0.29, 0.717) is 44.5 Å². The third-order valence-corrected chi connectivity index (χ3v) is 16.8. The molecule has 0 atom stereocenters. The van der Waals surface area contributed by atoms with E-state index in [2.05, 4.69) is 39.8 Å². The molecule has 4 aliphatic carbocycles. The summed E-state index contributed by atoms with van der Waals surface area (Å²) >= 11 is 6.95. The van der Waals surface area contributed by atoms with Gasteiger partial charge in [0.05, 0.1) is 9.40 Å². The zero-order chi connectivity index (χ0) is 39.0. The summed E-state index contributed by atoms with van der Waals surface area (Å²) in [5.41, 5.74) is 8.01. The molecule has 0 unspecified atom stereocenters. The van der Waals surface area contributed by atoms with Gasteiger partial charge >= 0.3 is 0 Å². The first-order chi connectivity index (χ1) is 26.9. The van der Waals surface area contributed by atoms with Crippen molar-refractivity contribution in [2.24, 2.45) is 0 Å². The summed E-state index contributed by atoms with van der Waals surface area (Å²) in [6.45, 7) is 9.05. The molecule has 0 saturated heterocycles. The fourth-order valence-corrected chi connectivity index (χ4v) is 15.0. The molecule has 264 valence electrons. The lowest BCUT2D eigenvalue weighted by molar-refractivity contribution is 0.103. The van der Waals surface area contributed by atoms with E-state index in [0.717, 1.165) is 20.9 Å². The minimum Gasteiger partial charge on any atom is -0.289 e. The molecule has 0 bridgehead atoms. The number of thiophene rings is 4. The van der Waals surface area contributed by atoms with E-state index in [4.69, 9.17) is 0 Å². The highest BCUT2D eigenvalue weighted by Gasteiger charge is 2.47. The Hall–Kier alpha value is -6.24. The van der Waals surface area contributed by atoms with Crippen LogP contribution in [0.1, 0.15) is 90.2 Å². The monoisotopic (exact) mass is 792 g/mol. The van der Waals surface area contributed by atoms with Crippen LogP contribution in [-0.4, -0.2) is 11.6 Å². The van der Waals surface area contributed by atoms with Crippen molar-refractivity contribution in [2.45, 2.75) is 38.5 Å². The van der Waals surface area contributed by atoms with Crippen LogP contribution in [0.25, 0.3) is 53.6 Å². The zero-order valence-corrected chi connectivity index (χ0v) is 33.4. The average Bonchev–Trinajstić information content (AvgIpc) is 4.05. The van der Waals surface area contributed by atoms with Crippen LogP contribution in [0, 0.1) is 45.3 Å². The van der Waals surface area contributed by atoms with Crippen molar-refractivity contribution in [3.8, 4) is 45.2 Å². The summed E-state index contributed by atoms with van der Waals surface area (Å²) < 4.78 is 2.57. The lowest BCUT2D eigenvalue weighted by atomic mass is 9.86. The van der Waals surface area contributed by atoms with Crippen LogP contribution in [0.4, 0.5) is 0 Å². The van der Waals surface area contributed by atoms with Crippen LogP contribution in [-0.2, 0) is 10.8 Å². The first kappa shape index (κ1) is 34.3. The van der Waals surface area contributed by atoms with E-state index in [1.165, 1.54) is 40.0 Å². The quantitative estimate of drug-likeness (QED) is 0.127. The highest BCUT2D eigenvalue weighted by Crippen LogP contribution is 2.65. The molecule has 2 aromatic carbocycles. The summed E-state index contributed by atoms with van der Waals surface area (Å²) in [5.74, 6) is -0.362. The predicted molar refractivity (Wildman–Crippen MR) is 224 cm³/mol. The van der Waals surface area contributed by atoms with Gasteiger partial charge in [0.15, 0.2) is 11.6 Å². The van der Waals surface area contributed by atoms with E-state index in [1.807, 2.05) is 71.2 Å². The number of carbonyl (C=O) groups is 2. The Balaban J connectivity index is 1.07. The molecule has 0 fully saturated rings. The number of carbonyl (C=O) groups excluding carboxylic acids is 2. The second-order valence-corrected chi connectivity index (χ2v) is 19.3. The summed E-state index contributed by atoms with van der Waals surface area (Å²) in [4.78, 5) is 34.0. The van der Waals surface area contributed by atoms with Crippen LogP contribution in [0.3, 0.4) is 0 Å². The van der Waals surface area contributed by atoms with Gasteiger partial charge in [0.25, 0.3) is 0 Å². The highest BCUT2D eigenvalue weighted by atomic mass is 32.1. The van der Waals surface area contributed by atoms with Crippen molar-refractivity contribution < 1.29 is 9.59 Å². The first-order valence-electron chi connectivity index (χ1n) is 17.6. The Bertz CT molecular complexity index is 2980. The topological polar surface area (TPSA) is 129 Å². The van der Waals surface area contributed by atoms with E-state index in [9.17, 15) is 30.6 Å². The molecule has 10 rings (SSSR count). The third kappa shape index (κ3) is 4.30. The fourth-order valence-electron chi connectivity index (χ4n) is 8.88. The third-order valence-electron chi connectivity index (χ3n) is 11.3. The molecule has 10 heteroatoms. The summed E-state index contributed by atoms with van der Waals surface area (Å²) in [6, 6.07) is 26.6. The fraction of sp³-hybridized carbons (Fsp3) is 0.130. The van der Waals surface area contributed by atoms with Gasteiger partial charge < -0.3 is 0 Å². The van der Waals surface area contributed by atoms with E-state index in [-0.39, 0.29) is 33.5 Å². The molecule has 0 aliphatic heterocycles. The Morgan fingerprint density at radius 1 is 0.536 bits per heavy atom. The summed E-state index contributed by atoms with van der Waals surface area (Å²) in [5, 5.41) is 39.2. The van der Waals surface area contributed by atoms with Crippen molar-refractivity contribution >= 4 is 89.6 Å². The van der Waals surface area contributed by atoms with Crippen LogP contribution >= 0.6 is 45.3 Å². The Labute approximate surface area is 337 Å². The second-order valence-electron chi connectivity index (χ2n) is 15.1. The number of rotatable bonds is 2. The minimum absolute atomic E-state index is 0.0696. The van der Waals surface area contributed by atoms with Crippen molar-refractivity contribution in [3.63, 3.8) is 0 Å². The highest BCUT2D eigenvalue weighted by molar-refractivity contribution is 7.32. The van der Waals surface area contributed by atoms with E-state index < -0.39 is 0 Å². The number of fused-ring (bicyclic) bond motifs is 11. The first-order valence-corrected chi connectivity index (χ1v) is 20.9. The van der Waals surface area contributed by atoms with Crippen LogP contribution in [0.5, 0.6) is 0 Å². The molecule has 4 heterocycles. The zero-order valence-electron chi connectivity index (χ0n) is 30.2. The van der Waals surface area contributed by atoms with Gasteiger partial charge in [-0.3, -0.25) is 9.59 Å². The molecule has 4 aliphatic rings. The number of ketones is 2. The minimum atomic E-state index is -0.300. The molecular weight excluding hydrogens is 769 g/mol. The predicted octanol–water partition coefficient (Wildman–Crippen LogP) is 11.9. The van der Waals surface area contributed by atoms with Crippen LogP contribution in [0.15, 0.2) is 83.0 Å². The van der Waals surface area contributed by atoms with Crippen molar-refractivity contribution in [1.29, 1.82) is 21.0 Å². The van der Waals surface area contributed by atoms with Crippen LogP contribution < -0.4 is 0 Å². The Kier molecular flexibility index (Phi) is 7.12.